The van der Waals surface area contributed by atoms with Gasteiger partial charge in [0.25, 0.3) is 0 Å². The normalized spacial score (nSPS) is 19.3. The van der Waals surface area contributed by atoms with Gasteiger partial charge in [-0.2, -0.15) is 5.26 Å². The SMILES string of the molecule is CC1CCc2nc(SC(C)C(=O)N3CCCc4ccccc43)c(C#N)cc2C1. The fourth-order valence-electron chi connectivity index (χ4n) is 4.20. The van der Waals surface area contributed by atoms with E-state index in [4.69, 9.17) is 4.98 Å². The van der Waals surface area contributed by atoms with Crippen LogP contribution in [-0.4, -0.2) is 22.7 Å². The quantitative estimate of drug-likeness (QED) is 0.721. The van der Waals surface area contributed by atoms with Crippen LogP contribution in [0, 0.1) is 17.2 Å². The number of rotatable bonds is 3. The zero-order chi connectivity index (χ0) is 19.7. The molecule has 2 aliphatic rings. The minimum atomic E-state index is -0.286. The molecule has 2 aromatic rings. The van der Waals surface area contributed by atoms with Gasteiger partial charge >= 0.3 is 0 Å². The third-order valence-corrected chi connectivity index (χ3v) is 6.82. The Hall–Kier alpha value is -2.32. The summed E-state index contributed by atoms with van der Waals surface area (Å²) in [5.74, 6) is 0.730. The fraction of sp³-hybridized carbons (Fsp3) is 0.435. The topological polar surface area (TPSA) is 57.0 Å². The van der Waals surface area contributed by atoms with E-state index in [1.54, 1.807) is 0 Å². The number of aromatic nitrogens is 1. The predicted octanol–water partition coefficient (Wildman–Crippen LogP) is 4.54. The summed E-state index contributed by atoms with van der Waals surface area (Å²) in [6.07, 6.45) is 5.08. The van der Waals surface area contributed by atoms with Gasteiger partial charge in [0.2, 0.25) is 5.91 Å². The van der Waals surface area contributed by atoms with E-state index >= 15 is 0 Å². The smallest absolute Gasteiger partial charge is 0.240 e. The van der Waals surface area contributed by atoms with E-state index in [9.17, 15) is 10.1 Å². The number of aryl methyl sites for hydroxylation is 2. The van der Waals surface area contributed by atoms with Gasteiger partial charge < -0.3 is 4.90 Å². The number of fused-ring (bicyclic) bond motifs is 2. The number of benzene rings is 1. The van der Waals surface area contributed by atoms with E-state index in [1.165, 1.54) is 22.9 Å². The van der Waals surface area contributed by atoms with Crippen LogP contribution >= 0.6 is 11.8 Å². The molecule has 1 amide bonds. The Kier molecular flexibility index (Phi) is 5.41. The van der Waals surface area contributed by atoms with Gasteiger partial charge in [0.05, 0.1) is 10.8 Å². The minimum absolute atomic E-state index is 0.0918. The number of pyridine rings is 1. The monoisotopic (exact) mass is 391 g/mol. The highest BCUT2D eigenvalue weighted by Crippen LogP contribution is 2.34. The molecule has 28 heavy (non-hydrogen) atoms. The third-order valence-electron chi connectivity index (χ3n) is 5.73. The molecule has 0 radical (unpaired) electrons. The Morgan fingerprint density at radius 3 is 2.96 bits per heavy atom. The maximum Gasteiger partial charge on any atom is 0.240 e. The molecule has 1 aliphatic carbocycles. The number of carbonyl (C=O) groups excluding carboxylic acids is 1. The van der Waals surface area contributed by atoms with Gasteiger partial charge in [-0.3, -0.25) is 4.79 Å². The lowest BCUT2D eigenvalue weighted by atomic mass is 9.87. The van der Waals surface area contributed by atoms with E-state index in [-0.39, 0.29) is 11.2 Å². The second-order valence-electron chi connectivity index (χ2n) is 7.89. The van der Waals surface area contributed by atoms with Crippen molar-refractivity contribution in [2.45, 2.75) is 56.2 Å². The molecule has 0 spiro atoms. The highest BCUT2D eigenvalue weighted by atomic mass is 32.2. The fourth-order valence-corrected chi connectivity index (χ4v) is 5.15. The van der Waals surface area contributed by atoms with Crippen molar-refractivity contribution in [2.75, 3.05) is 11.4 Å². The van der Waals surface area contributed by atoms with Crippen molar-refractivity contribution in [3.05, 3.63) is 52.7 Å². The van der Waals surface area contributed by atoms with Gasteiger partial charge in [-0.15, -0.1) is 0 Å². The average molecular weight is 392 g/mol. The molecule has 1 aromatic heterocycles. The van der Waals surface area contributed by atoms with Gasteiger partial charge in [0.15, 0.2) is 0 Å². The van der Waals surface area contributed by atoms with Gasteiger partial charge in [-0.1, -0.05) is 36.9 Å². The van der Waals surface area contributed by atoms with E-state index in [0.29, 0.717) is 16.5 Å². The number of nitrogens with zero attached hydrogens (tertiary/aromatic N) is 3. The molecule has 0 bridgehead atoms. The Morgan fingerprint density at radius 2 is 2.14 bits per heavy atom. The standard InChI is InChI=1S/C23H25N3OS/c1-15-9-10-20-18(12-15)13-19(14-24)22(25-20)28-16(2)23(27)26-11-5-7-17-6-3-4-8-21(17)26/h3-4,6,8,13,15-16H,5,7,9-12H2,1-2H3. The molecule has 2 unspecified atom stereocenters. The Labute approximate surface area is 171 Å². The maximum atomic E-state index is 13.2. The van der Waals surface area contributed by atoms with Crippen molar-refractivity contribution in [2.24, 2.45) is 5.92 Å². The molecule has 2 heterocycles. The van der Waals surface area contributed by atoms with Crippen LogP contribution in [0.1, 0.15) is 49.1 Å². The molecule has 4 nitrogen and oxygen atoms in total. The van der Waals surface area contributed by atoms with Crippen LogP contribution in [0.15, 0.2) is 35.4 Å². The molecule has 2 atom stereocenters. The number of nitriles is 1. The van der Waals surface area contributed by atoms with Crippen LogP contribution in [0.25, 0.3) is 0 Å². The summed E-state index contributed by atoms with van der Waals surface area (Å²) in [7, 11) is 0. The number of hydrogen-bond acceptors (Lipinski definition) is 4. The van der Waals surface area contributed by atoms with Gasteiger partial charge in [-0.05, 0) is 68.2 Å². The van der Waals surface area contributed by atoms with Crippen molar-refractivity contribution in [3.8, 4) is 6.07 Å². The molecule has 0 fully saturated rings. The number of anilines is 1. The molecular weight excluding hydrogens is 366 g/mol. The summed E-state index contributed by atoms with van der Waals surface area (Å²) in [6, 6.07) is 12.4. The van der Waals surface area contributed by atoms with Crippen molar-refractivity contribution >= 4 is 23.4 Å². The number of para-hydroxylation sites is 1. The Balaban J connectivity index is 1.57. The first-order valence-electron chi connectivity index (χ1n) is 10.1. The lowest BCUT2D eigenvalue weighted by Gasteiger charge is -2.31. The molecule has 144 valence electrons. The van der Waals surface area contributed by atoms with Gasteiger partial charge in [-0.25, -0.2) is 4.98 Å². The molecular formula is C23H25N3OS. The highest BCUT2D eigenvalue weighted by Gasteiger charge is 2.28. The number of carbonyl (C=O) groups is 1. The summed E-state index contributed by atoms with van der Waals surface area (Å²) in [4.78, 5) is 19.9. The van der Waals surface area contributed by atoms with Crippen LogP contribution in [0.4, 0.5) is 5.69 Å². The second-order valence-corrected chi connectivity index (χ2v) is 9.22. The molecule has 0 N–H and O–H groups in total. The third kappa shape index (κ3) is 3.66. The van der Waals surface area contributed by atoms with Crippen molar-refractivity contribution in [3.63, 3.8) is 0 Å². The molecule has 0 saturated heterocycles. The number of hydrogen-bond donors (Lipinski definition) is 0. The van der Waals surface area contributed by atoms with Crippen molar-refractivity contribution in [1.82, 2.24) is 4.98 Å². The minimum Gasteiger partial charge on any atom is -0.311 e. The van der Waals surface area contributed by atoms with E-state index < -0.39 is 0 Å². The largest absolute Gasteiger partial charge is 0.311 e. The first-order chi connectivity index (χ1) is 13.6. The van der Waals surface area contributed by atoms with Crippen LogP contribution in [0.3, 0.4) is 0 Å². The van der Waals surface area contributed by atoms with Gasteiger partial charge in [0, 0.05) is 17.9 Å². The Morgan fingerprint density at radius 1 is 1.32 bits per heavy atom. The van der Waals surface area contributed by atoms with Crippen molar-refractivity contribution in [1.29, 1.82) is 5.26 Å². The molecule has 4 rings (SSSR count). The molecule has 1 aromatic carbocycles. The lowest BCUT2D eigenvalue weighted by Crippen LogP contribution is -2.40. The summed E-state index contributed by atoms with van der Waals surface area (Å²) >= 11 is 1.42. The van der Waals surface area contributed by atoms with E-state index in [1.807, 2.05) is 36.1 Å². The van der Waals surface area contributed by atoms with E-state index in [2.05, 4.69) is 19.1 Å². The zero-order valence-corrected chi connectivity index (χ0v) is 17.3. The summed E-state index contributed by atoms with van der Waals surface area (Å²) in [5, 5.41) is 10.0. The summed E-state index contributed by atoms with van der Waals surface area (Å²) in [6.45, 7) is 4.92. The average Bonchev–Trinajstić information content (AvgIpc) is 2.72. The van der Waals surface area contributed by atoms with Crippen LogP contribution in [0.5, 0.6) is 0 Å². The van der Waals surface area contributed by atoms with Crippen LogP contribution < -0.4 is 4.90 Å². The highest BCUT2D eigenvalue weighted by molar-refractivity contribution is 8.00. The van der Waals surface area contributed by atoms with Crippen molar-refractivity contribution < 1.29 is 4.79 Å². The number of thioether (sulfide) groups is 1. The first-order valence-corrected chi connectivity index (χ1v) is 10.9. The molecule has 5 heteroatoms. The molecule has 1 aliphatic heterocycles. The first kappa shape index (κ1) is 19.0. The van der Waals surface area contributed by atoms with Crippen LogP contribution in [-0.2, 0) is 24.1 Å². The van der Waals surface area contributed by atoms with E-state index in [0.717, 1.165) is 50.0 Å². The Bertz CT molecular complexity index is 949. The molecule has 0 saturated carbocycles. The lowest BCUT2D eigenvalue weighted by molar-refractivity contribution is -0.117. The summed E-state index contributed by atoms with van der Waals surface area (Å²) in [5.41, 5.74) is 5.15. The number of amides is 1. The second kappa shape index (κ2) is 7.97. The predicted molar refractivity (Wildman–Crippen MR) is 113 cm³/mol. The zero-order valence-electron chi connectivity index (χ0n) is 16.4. The maximum absolute atomic E-state index is 13.2. The van der Waals surface area contributed by atoms with Crippen LogP contribution in [0.2, 0.25) is 0 Å². The van der Waals surface area contributed by atoms with Gasteiger partial charge in [0.1, 0.15) is 11.1 Å². The summed E-state index contributed by atoms with van der Waals surface area (Å²) < 4.78 is 0.